The number of amides is 1. The zero-order valence-corrected chi connectivity index (χ0v) is 12.8. The second-order valence-electron chi connectivity index (χ2n) is 6.64. The molecule has 6 heteroatoms. The first-order chi connectivity index (χ1) is 8.65. The van der Waals surface area contributed by atoms with Crippen LogP contribution in [-0.2, 0) is 4.74 Å². The number of carbonyl (C=O) groups excluding carboxylic acids is 1. The molecule has 0 saturated carbocycles. The van der Waals surface area contributed by atoms with Crippen molar-refractivity contribution in [3.05, 3.63) is 0 Å². The highest BCUT2D eigenvalue weighted by molar-refractivity contribution is 7.99. The van der Waals surface area contributed by atoms with Crippen molar-refractivity contribution >= 4 is 17.9 Å². The van der Waals surface area contributed by atoms with Gasteiger partial charge in [-0.15, -0.1) is 0 Å². The Hall–Kier alpha value is -0.460. The smallest absolute Gasteiger partial charge is 0.410 e. The van der Waals surface area contributed by atoms with Crippen LogP contribution in [0.4, 0.5) is 4.79 Å². The zero-order chi connectivity index (χ0) is 14.3. The van der Waals surface area contributed by atoms with E-state index in [2.05, 4.69) is 0 Å². The van der Waals surface area contributed by atoms with E-state index in [4.69, 9.17) is 10.5 Å². The van der Waals surface area contributed by atoms with Crippen molar-refractivity contribution in [1.82, 2.24) is 4.90 Å². The summed E-state index contributed by atoms with van der Waals surface area (Å²) in [5.41, 5.74) is 4.33. The van der Waals surface area contributed by atoms with Gasteiger partial charge < -0.3 is 20.5 Å². The van der Waals surface area contributed by atoms with Gasteiger partial charge in [0.15, 0.2) is 0 Å². The Morgan fingerprint density at radius 2 is 1.84 bits per heavy atom. The van der Waals surface area contributed by atoms with Gasteiger partial charge in [0.25, 0.3) is 0 Å². The Balaban J connectivity index is 1.92. The first kappa shape index (κ1) is 14.9. The Labute approximate surface area is 118 Å². The normalized spacial score (nSPS) is 25.6. The molecule has 2 heterocycles. The molecule has 3 N–H and O–H groups in total. The third-order valence-corrected chi connectivity index (χ3v) is 4.85. The van der Waals surface area contributed by atoms with Gasteiger partial charge in [-0.1, -0.05) is 0 Å². The van der Waals surface area contributed by atoms with Crippen LogP contribution >= 0.6 is 11.8 Å². The van der Waals surface area contributed by atoms with Crippen LogP contribution in [0.5, 0.6) is 0 Å². The lowest BCUT2D eigenvalue weighted by molar-refractivity contribution is -0.143. The number of rotatable bonds is 1. The van der Waals surface area contributed by atoms with Crippen LogP contribution in [-0.4, -0.2) is 57.4 Å². The average molecular weight is 288 g/mol. The average Bonchev–Trinajstić information content (AvgIpc) is 2.23. The molecule has 0 aromatic heterocycles. The molecule has 2 aliphatic heterocycles. The second kappa shape index (κ2) is 4.82. The summed E-state index contributed by atoms with van der Waals surface area (Å²) < 4.78 is 5.29. The molecule has 0 bridgehead atoms. The number of aliphatic hydroxyl groups is 1. The van der Waals surface area contributed by atoms with Crippen molar-refractivity contribution in [3.63, 3.8) is 0 Å². The number of thioether (sulfide) groups is 1. The van der Waals surface area contributed by atoms with Gasteiger partial charge in [-0.05, 0) is 45.1 Å². The number of ether oxygens (including phenoxy) is 1. The molecule has 110 valence electrons. The maximum atomic E-state index is 11.9. The fourth-order valence-corrected chi connectivity index (χ4v) is 3.78. The summed E-state index contributed by atoms with van der Waals surface area (Å²) in [5.74, 6) is 1.95. The Morgan fingerprint density at radius 3 is 2.32 bits per heavy atom. The summed E-state index contributed by atoms with van der Waals surface area (Å²) in [6.07, 6.45) is 1.23. The van der Waals surface area contributed by atoms with Gasteiger partial charge in [0.05, 0.1) is 13.1 Å². The van der Waals surface area contributed by atoms with Crippen molar-refractivity contribution in [3.8, 4) is 0 Å². The maximum Gasteiger partial charge on any atom is 0.410 e. The molecular formula is C13H24N2O3S. The van der Waals surface area contributed by atoms with Gasteiger partial charge in [0, 0.05) is 5.54 Å². The lowest BCUT2D eigenvalue weighted by Gasteiger charge is -2.56. The second-order valence-corrected chi connectivity index (χ2v) is 7.86. The number of likely N-dealkylation sites (tertiary alicyclic amines) is 1. The Kier molecular flexibility index (Phi) is 3.79. The first-order valence-corrected chi connectivity index (χ1v) is 7.88. The number of nitrogens with two attached hydrogens (primary N) is 1. The largest absolute Gasteiger partial charge is 0.444 e. The van der Waals surface area contributed by atoms with E-state index in [1.807, 2.05) is 32.5 Å². The number of hydrogen-bond donors (Lipinski definition) is 2. The summed E-state index contributed by atoms with van der Waals surface area (Å²) in [6, 6.07) is 0. The summed E-state index contributed by atoms with van der Waals surface area (Å²) in [6.45, 7) is 6.06. The molecule has 2 saturated heterocycles. The minimum absolute atomic E-state index is 0.281. The van der Waals surface area contributed by atoms with E-state index in [-0.39, 0.29) is 19.2 Å². The molecule has 0 atom stereocenters. The summed E-state index contributed by atoms with van der Waals surface area (Å²) in [4.78, 5) is 13.4. The van der Waals surface area contributed by atoms with Crippen molar-refractivity contribution in [2.75, 3.05) is 24.6 Å². The number of hydrogen-bond acceptors (Lipinski definition) is 5. The van der Waals surface area contributed by atoms with Gasteiger partial charge in [-0.25, -0.2) is 4.79 Å². The van der Waals surface area contributed by atoms with Crippen LogP contribution in [0.3, 0.4) is 0 Å². The van der Waals surface area contributed by atoms with Crippen molar-refractivity contribution in [1.29, 1.82) is 0 Å². The SMILES string of the molecule is CC(C)(C)OC(=O)N1CC(O)(C2(N)CCSCC2)C1. The van der Waals surface area contributed by atoms with E-state index in [1.54, 1.807) is 0 Å². The Bertz CT molecular complexity index is 355. The summed E-state index contributed by atoms with van der Waals surface area (Å²) >= 11 is 1.87. The van der Waals surface area contributed by atoms with Gasteiger partial charge in [-0.3, -0.25) is 0 Å². The molecule has 0 aromatic carbocycles. The van der Waals surface area contributed by atoms with Gasteiger partial charge in [0.1, 0.15) is 11.2 Å². The Morgan fingerprint density at radius 1 is 1.32 bits per heavy atom. The lowest BCUT2D eigenvalue weighted by atomic mass is 9.71. The predicted octanol–water partition coefficient (Wildman–Crippen LogP) is 1.19. The van der Waals surface area contributed by atoms with Gasteiger partial charge in [-0.2, -0.15) is 11.8 Å². The van der Waals surface area contributed by atoms with E-state index in [1.165, 1.54) is 4.90 Å². The third-order valence-electron chi connectivity index (χ3n) is 3.87. The van der Waals surface area contributed by atoms with E-state index < -0.39 is 16.7 Å². The van der Waals surface area contributed by atoms with Gasteiger partial charge in [0.2, 0.25) is 0 Å². The molecule has 0 spiro atoms. The minimum Gasteiger partial charge on any atom is -0.444 e. The zero-order valence-electron chi connectivity index (χ0n) is 11.9. The van der Waals surface area contributed by atoms with Crippen molar-refractivity contribution in [2.24, 2.45) is 5.73 Å². The summed E-state index contributed by atoms with van der Waals surface area (Å²) in [5, 5.41) is 10.6. The molecule has 2 rings (SSSR count). The van der Waals surface area contributed by atoms with E-state index >= 15 is 0 Å². The standard InChI is InChI=1S/C13H24N2O3S/c1-11(2,3)18-10(16)15-8-13(17,9-15)12(14)4-6-19-7-5-12/h17H,4-9,14H2,1-3H3. The quantitative estimate of drug-likeness (QED) is 0.758. The van der Waals surface area contributed by atoms with Gasteiger partial charge >= 0.3 is 6.09 Å². The highest BCUT2D eigenvalue weighted by Gasteiger charge is 2.57. The van der Waals surface area contributed by atoms with Crippen LogP contribution in [0, 0.1) is 0 Å². The predicted molar refractivity (Wildman–Crippen MR) is 76.2 cm³/mol. The molecule has 5 nitrogen and oxygen atoms in total. The maximum absolute atomic E-state index is 11.9. The minimum atomic E-state index is -0.953. The van der Waals surface area contributed by atoms with Crippen LogP contribution < -0.4 is 5.73 Å². The van der Waals surface area contributed by atoms with Crippen LogP contribution in [0.25, 0.3) is 0 Å². The monoisotopic (exact) mass is 288 g/mol. The number of nitrogens with zero attached hydrogens (tertiary/aromatic N) is 1. The molecular weight excluding hydrogens is 264 g/mol. The van der Waals surface area contributed by atoms with E-state index in [0.717, 1.165) is 24.3 Å². The summed E-state index contributed by atoms with van der Waals surface area (Å²) in [7, 11) is 0. The third kappa shape index (κ3) is 3.01. The van der Waals surface area contributed by atoms with Crippen LogP contribution in [0.1, 0.15) is 33.6 Å². The molecule has 0 aromatic rings. The molecule has 2 fully saturated rings. The molecule has 1 amide bonds. The van der Waals surface area contributed by atoms with Crippen LogP contribution in [0.2, 0.25) is 0 Å². The van der Waals surface area contributed by atoms with Crippen LogP contribution in [0.15, 0.2) is 0 Å². The highest BCUT2D eigenvalue weighted by Crippen LogP contribution is 2.39. The van der Waals surface area contributed by atoms with Crippen molar-refractivity contribution in [2.45, 2.75) is 50.4 Å². The van der Waals surface area contributed by atoms with E-state index in [0.29, 0.717) is 0 Å². The fourth-order valence-electron chi connectivity index (χ4n) is 2.56. The number of β-amino-alcohol motifs (C(OH)–C–C–N with tert-alkyl or cyclic N) is 1. The molecule has 0 aliphatic carbocycles. The van der Waals surface area contributed by atoms with Crippen molar-refractivity contribution < 1.29 is 14.6 Å². The highest BCUT2D eigenvalue weighted by atomic mass is 32.2. The number of carbonyl (C=O) groups is 1. The van der Waals surface area contributed by atoms with E-state index in [9.17, 15) is 9.90 Å². The fraction of sp³-hybridized carbons (Fsp3) is 0.923. The lowest BCUT2D eigenvalue weighted by Crippen LogP contribution is -2.77. The molecule has 0 radical (unpaired) electrons. The topological polar surface area (TPSA) is 75.8 Å². The molecule has 0 unspecified atom stereocenters. The molecule has 19 heavy (non-hydrogen) atoms. The first-order valence-electron chi connectivity index (χ1n) is 6.72. The molecule has 2 aliphatic rings.